The molecule has 1 atom stereocenters. The lowest BCUT2D eigenvalue weighted by Crippen LogP contribution is -2.30. The molecular formula is C23H15ClFN3O3S. The van der Waals surface area contributed by atoms with E-state index in [4.69, 9.17) is 26.3 Å². The van der Waals surface area contributed by atoms with Crippen LogP contribution >= 0.6 is 22.9 Å². The van der Waals surface area contributed by atoms with Gasteiger partial charge in [-0.3, -0.25) is 10.1 Å². The SMILES string of the molecule is C[C@@H](Oc1ccc(Oc2ccc(C#N)cc2F)cc1)C(=O)Nc1nc2ccc(Cl)cc2s1. The average molecular weight is 468 g/mol. The summed E-state index contributed by atoms with van der Waals surface area (Å²) >= 11 is 7.30. The number of carbonyl (C=O) groups is 1. The number of hydrogen-bond acceptors (Lipinski definition) is 6. The number of rotatable bonds is 6. The Morgan fingerprint density at radius 1 is 1.16 bits per heavy atom. The van der Waals surface area contributed by atoms with E-state index in [1.807, 2.05) is 6.07 Å². The van der Waals surface area contributed by atoms with Crippen molar-refractivity contribution in [1.82, 2.24) is 4.98 Å². The third kappa shape index (κ3) is 4.97. The number of aromatic nitrogens is 1. The van der Waals surface area contributed by atoms with Crippen molar-refractivity contribution in [2.45, 2.75) is 13.0 Å². The number of benzene rings is 3. The largest absolute Gasteiger partial charge is 0.481 e. The number of halogens is 2. The molecule has 1 amide bonds. The first kappa shape index (κ1) is 21.6. The number of thiazole rings is 1. The van der Waals surface area contributed by atoms with Gasteiger partial charge in [0.1, 0.15) is 11.5 Å². The summed E-state index contributed by atoms with van der Waals surface area (Å²) in [5.74, 6) is -0.160. The van der Waals surface area contributed by atoms with Crippen LogP contribution in [-0.2, 0) is 4.79 Å². The maximum absolute atomic E-state index is 14.0. The standard InChI is InChI=1S/C23H15ClFN3O3S/c1-13(22(29)28-23-27-19-8-3-15(24)11-21(19)32-23)30-16-4-6-17(7-5-16)31-20-9-2-14(12-26)10-18(20)25/h2-11,13H,1H3,(H,27,28,29)/t13-/m1/s1. The Labute approximate surface area is 191 Å². The summed E-state index contributed by atoms with van der Waals surface area (Å²) in [7, 11) is 0. The lowest BCUT2D eigenvalue weighted by Gasteiger charge is -2.14. The number of amides is 1. The van der Waals surface area contributed by atoms with Crippen LogP contribution in [0.25, 0.3) is 10.2 Å². The van der Waals surface area contributed by atoms with E-state index in [0.29, 0.717) is 21.7 Å². The molecule has 0 unspecified atom stereocenters. The van der Waals surface area contributed by atoms with Gasteiger partial charge in [-0.2, -0.15) is 5.26 Å². The zero-order valence-electron chi connectivity index (χ0n) is 16.6. The van der Waals surface area contributed by atoms with Crippen molar-refractivity contribution in [3.05, 3.63) is 77.1 Å². The quantitative estimate of drug-likeness (QED) is 0.367. The van der Waals surface area contributed by atoms with E-state index in [2.05, 4.69) is 10.3 Å². The van der Waals surface area contributed by atoms with Crippen LogP contribution in [0.15, 0.2) is 60.7 Å². The van der Waals surface area contributed by atoms with Gasteiger partial charge in [-0.25, -0.2) is 9.37 Å². The first-order valence-electron chi connectivity index (χ1n) is 9.42. The van der Waals surface area contributed by atoms with E-state index < -0.39 is 11.9 Å². The summed E-state index contributed by atoms with van der Waals surface area (Å²) in [6, 6.07) is 17.6. The van der Waals surface area contributed by atoms with Crippen LogP contribution in [-0.4, -0.2) is 17.0 Å². The molecular weight excluding hydrogens is 453 g/mol. The van der Waals surface area contributed by atoms with E-state index >= 15 is 0 Å². The van der Waals surface area contributed by atoms with Crippen molar-refractivity contribution in [2.75, 3.05) is 5.32 Å². The predicted molar refractivity (Wildman–Crippen MR) is 121 cm³/mol. The van der Waals surface area contributed by atoms with Gasteiger partial charge in [-0.15, -0.1) is 0 Å². The van der Waals surface area contributed by atoms with Gasteiger partial charge in [-0.05, 0) is 67.6 Å². The van der Waals surface area contributed by atoms with E-state index in [1.165, 1.54) is 23.5 Å². The molecule has 160 valence electrons. The summed E-state index contributed by atoms with van der Waals surface area (Å²) in [6.07, 6.45) is -0.784. The second-order valence-electron chi connectivity index (χ2n) is 6.71. The topological polar surface area (TPSA) is 84.2 Å². The van der Waals surface area contributed by atoms with E-state index in [0.717, 1.165) is 16.3 Å². The lowest BCUT2D eigenvalue weighted by atomic mass is 10.2. The molecule has 0 spiro atoms. The Hall–Kier alpha value is -3.67. The Bertz CT molecular complexity index is 1330. The Morgan fingerprint density at radius 2 is 1.91 bits per heavy atom. The third-order valence-electron chi connectivity index (χ3n) is 4.38. The van der Waals surface area contributed by atoms with Crippen LogP contribution in [0.1, 0.15) is 12.5 Å². The number of carbonyl (C=O) groups excluding carboxylic acids is 1. The minimum Gasteiger partial charge on any atom is -0.481 e. The van der Waals surface area contributed by atoms with Crippen molar-refractivity contribution < 1.29 is 18.7 Å². The van der Waals surface area contributed by atoms with Crippen molar-refractivity contribution in [3.8, 4) is 23.3 Å². The molecule has 3 aromatic carbocycles. The number of hydrogen-bond donors (Lipinski definition) is 1. The second kappa shape index (κ2) is 9.22. The van der Waals surface area contributed by atoms with Crippen molar-refractivity contribution in [1.29, 1.82) is 5.26 Å². The first-order chi connectivity index (χ1) is 15.4. The Morgan fingerprint density at radius 3 is 2.62 bits per heavy atom. The van der Waals surface area contributed by atoms with E-state index in [-0.39, 0.29) is 17.2 Å². The molecule has 32 heavy (non-hydrogen) atoms. The van der Waals surface area contributed by atoms with Gasteiger partial charge in [-0.1, -0.05) is 22.9 Å². The molecule has 0 saturated heterocycles. The Balaban J connectivity index is 1.37. The minimum absolute atomic E-state index is 0.00235. The molecule has 1 heterocycles. The third-order valence-corrected chi connectivity index (χ3v) is 5.54. The Kier molecular flexibility index (Phi) is 6.21. The van der Waals surface area contributed by atoms with Crippen LogP contribution in [0.3, 0.4) is 0 Å². The number of fused-ring (bicyclic) bond motifs is 1. The predicted octanol–water partition coefficient (Wildman–Crippen LogP) is 6.16. The molecule has 0 fully saturated rings. The van der Waals surface area contributed by atoms with Gasteiger partial charge in [0.25, 0.3) is 5.91 Å². The second-order valence-corrected chi connectivity index (χ2v) is 8.18. The van der Waals surface area contributed by atoms with Crippen LogP contribution in [0.5, 0.6) is 17.2 Å². The molecule has 4 aromatic rings. The zero-order valence-corrected chi connectivity index (χ0v) is 18.2. The minimum atomic E-state index is -0.784. The van der Waals surface area contributed by atoms with E-state index in [9.17, 15) is 9.18 Å². The van der Waals surface area contributed by atoms with Gasteiger partial charge >= 0.3 is 0 Å². The van der Waals surface area contributed by atoms with Gasteiger partial charge in [0.15, 0.2) is 22.8 Å². The van der Waals surface area contributed by atoms with Crippen molar-refractivity contribution in [2.24, 2.45) is 0 Å². The molecule has 4 rings (SSSR count). The molecule has 0 radical (unpaired) electrons. The fourth-order valence-corrected chi connectivity index (χ4v) is 3.93. The smallest absolute Gasteiger partial charge is 0.266 e. The summed E-state index contributed by atoms with van der Waals surface area (Å²) in [5.41, 5.74) is 0.957. The molecule has 0 aliphatic carbocycles. The molecule has 0 aliphatic heterocycles. The number of nitriles is 1. The summed E-state index contributed by atoms with van der Waals surface area (Å²) < 4.78 is 26.0. The fraction of sp³-hybridized carbons (Fsp3) is 0.0870. The van der Waals surface area contributed by atoms with Crippen LogP contribution < -0.4 is 14.8 Å². The van der Waals surface area contributed by atoms with Crippen LogP contribution in [0, 0.1) is 17.1 Å². The molecule has 0 saturated carbocycles. The number of nitrogens with zero attached hydrogens (tertiary/aromatic N) is 2. The van der Waals surface area contributed by atoms with Gasteiger partial charge in [0, 0.05) is 5.02 Å². The molecule has 1 N–H and O–H groups in total. The van der Waals surface area contributed by atoms with Crippen LogP contribution in [0.2, 0.25) is 5.02 Å². The summed E-state index contributed by atoms with van der Waals surface area (Å²) in [4.78, 5) is 16.8. The highest BCUT2D eigenvalue weighted by atomic mass is 35.5. The van der Waals surface area contributed by atoms with E-state index in [1.54, 1.807) is 49.4 Å². The monoisotopic (exact) mass is 467 g/mol. The highest BCUT2D eigenvalue weighted by molar-refractivity contribution is 7.22. The van der Waals surface area contributed by atoms with Crippen molar-refractivity contribution >= 4 is 44.2 Å². The molecule has 0 bridgehead atoms. The van der Waals surface area contributed by atoms with Crippen molar-refractivity contribution in [3.63, 3.8) is 0 Å². The molecule has 0 aliphatic rings. The van der Waals surface area contributed by atoms with Gasteiger partial charge < -0.3 is 9.47 Å². The van der Waals surface area contributed by atoms with Crippen LogP contribution in [0.4, 0.5) is 9.52 Å². The summed E-state index contributed by atoms with van der Waals surface area (Å²) in [5, 5.41) is 12.6. The fourth-order valence-electron chi connectivity index (χ4n) is 2.78. The number of anilines is 1. The lowest BCUT2D eigenvalue weighted by molar-refractivity contribution is -0.122. The first-order valence-corrected chi connectivity index (χ1v) is 10.6. The maximum atomic E-state index is 14.0. The maximum Gasteiger partial charge on any atom is 0.266 e. The highest BCUT2D eigenvalue weighted by Crippen LogP contribution is 2.29. The average Bonchev–Trinajstić information content (AvgIpc) is 3.17. The summed E-state index contributed by atoms with van der Waals surface area (Å²) in [6.45, 7) is 1.62. The number of nitrogens with one attached hydrogen (secondary N) is 1. The highest BCUT2D eigenvalue weighted by Gasteiger charge is 2.17. The molecule has 9 heteroatoms. The molecule has 6 nitrogen and oxygen atoms in total. The van der Waals surface area contributed by atoms with Gasteiger partial charge in [0.2, 0.25) is 0 Å². The van der Waals surface area contributed by atoms with Gasteiger partial charge in [0.05, 0.1) is 21.8 Å². The molecule has 1 aromatic heterocycles. The normalized spacial score (nSPS) is 11.6. The zero-order chi connectivity index (χ0) is 22.7. The number of ether oxygens (including phenoxy) is 2.